The van der Waals surface area contributed by atoms with E-state index < -0.39 is 0 Å². The molecule has 4 heteroatoms. The van der Waals surface area contributed by atoms with E-state index in [0.717, 1.165) is 28.2 Å². The predicted molar refractivity (Wildman–Crippen MR) is 81.3 cm³/mol. The summed E-state index contributed by atoms with van der Waals surface area (Å²) in [5.41, 5.74) is 4.75. The van der Waals surface area contributed by atoms with Crippen molar-refractivity contribution in [2.24, 2.45) is 0 Å². The van der Waals surface area contributed by atoms with E-state index in [9.17, 15) is 4.79 Å². The van der Waals surface area contributed by atoms with E-state index in [1.807, 2.05) is 59.3 Å². The number of nitrogens with zero attached hydrogens (tertiary/aromatic N) is 2. The number of benzene rings is 2. The van der Waals surface area contributed by atoms with Gasteiger partial charge >= 0.3 is 0 Å². The highest BCUT2D eigenvalue weighted by Crippen LogP contribution is 2.34. The van der Waals surface area contributed by atoms with E-state index in [-0.39, 0.29) is 5.91 Å². The van der Waals surface area contributed by atoms with Crippen LogP contribution < -0.4 is 5.32 Å². The Labute approximate surface area is 122 Å². The van der Waals surface area contributed by atoms with Crippen molar-refractivity contribution in [2.75, 3.05) is 5.32 Å². The number of fused-ring (bicyclic) bond motifs is 3. The van der Waals surface area contributed by atoms with Gasteiger partial charge in [-0.2, -0.15) is 5.10 Å². The number of rotatable bonds is 1. The average molecular weight is 275 g/mol. The minimum absolute atomic E-state index is 0.00573. The molecule has 0 saturated carbocycles. The zero-order chi connectivity index (χ0) is 14.2. The Morgan fingerprint density at radius 2 is 1.76 bits per heavy atom. The van der Waals surface area contributed by atoms with Crippen molar-refractivity contribution in [1.82, 2.24) is 9.78 Å². The second-order valence-electron chi connectivity index (χ2n) is 5.04. The lowest BCUT2D eigenvalue weighted by atomic mass is 10.1. The lowest BCUT2D eigenvalue weighted by molar-refractivity contribution is -0.115. The molecular weight excluding hydrogens is 262 g/mol. The van der Waals surface area contributed by atoms with Crippen molar-refractivity contribution < 1.29 is 4.79 Å². The van der Waals surface area contributed by atoms with Crippen LogP contribution >= 0.6 is 0 Å². The smallest absolute Gasteiger partial charge is 0.228 e. The van der Waals surface area contributed by atoms with Crippen molar-refractivity contribution in [2.45, 2.75) is 6.42 Å². The van der Waals surface area contributed by atoms with E-state index >= 15 is 0 Å². The van der Waals surface area contributed by atoms with Crippen LogP contribution in [-0.2, 0) is 11.2 Å². The van der Waals surface area contributed by atoms with Crippen LogP contribution in [0, 0.1) is 0 Å². The molecule has 3 aromatic rings. The number of anilines is 1. The number of hydrogen-bond donors (Lipinski definition) is 1. The monoisotopic (exact) mass is 275 g/mol. The van der Waals surface area contributed by atoms with Crippen molar-refractivity contribution >= 4 is 11.6 Å². The van der Waals surface area contributed by atoms with Crippen LogP contribution in [0.2, 0.25) is 0 Å². The van der Waals surface area contributed by atoms with Gasteiger partial charge < -0.3 is 5.32 Å². The molecule has 1 aromatic heterocycles. The van der Waals surface area contributed by atoms with Crippen LogP contribution in [-0.4, -0.2) is 15.7 Å². The molecular formula is C17H13N3O. The Bertz CT molecular complexity index is 821. The van der Waals surface area contributed by atoms with Gasteiger partial charge in [-0.05, 0) is 18.2 Å². The Morgan fingerprint density at radius 3 is 2.62 bits per heavy atom. The summed E-state index contributed by atoms with van der Waals surface area (Å²) in [6.45, 7) is 0. The Hall–Kier alpha value is -2.88. The molecule has 102 valence electrons. The van der Waals surface area contributed by atoms with E-state index in [0.29, 0.717) is 6.42 Å². The molecule has 21 heavy (non-hydrogen) atoms. The quantitative estimate of drug-likeness (QED) is 0.742. The minimum Gasteiger partial charge on any atom is -0.325 e. The Kier molecular flexibility index (Phi) is 2.60. The number of carbonyl (C=O) groups excluding carboxylic acids is 1. The summed E-state index contributed by atoms with van der Waals surface area (Å²) in [7, 11) is 0. The third kappa shape index (κ3) is 1.92. The van der Waals surface area contributed by atoms with Crippen LogP contribution in [0.25, 0.3) is 16.9 Å². The number of aromatic nitrogens is 2. The second kappa shape index (κ2) is 4.59. The molecule has 0 aliphatic carbocycles. The highest BCUT2D eigenvalue weighted by molar-refractivity contribution is 6.00. The van der Waals surface area contributed by atoms with Gasteiger partial charge in [0, 0.05) is 11.1 Å². The van der Waals surface area contributed by atoms with Gasteiger partial charge in [0.15, 0.2) is 0 Å². The normalized spacial score (nSPS) is 13.0. The molecule has 0 saturated heterocycles. The standard InChI is InChI=1S/C17H13N3O/c21-16-10-12-11-18-20(13-6-2-1-3-7-13)17(12)14-8-4-5-9-15(14)19-16/h1-9,11H,10H2,(H,19,21). The maximum atomic E-state index is 12.0. The first-order valence-electron chi connectivity index (χ1n) is 6.84. The molecule has 4 nitrogen and oxygen atoms in total. The third-order valence-electron chi connectivity index (χ3n) is 3.65. The molecule has 1 aliphatic heterocycles. The van der Waals surface area contributed by atoms with Gasteiger partial charge in [0.2, 0.25) is 5.91 Å². The van der Waals surface area contributed by atoms with Crippen molar-refractivity contribution in [3.63, 3.8) is 0 Å². The lowest BCUT2D eigenvalue weighted by Crippen LogP contribution is -2.12. The number of amides is 1. The van der Waals surface area contributed by atoms with Gasteiger partial charge in [-0.25, -0.2) is 4.68 Å². The van der Waals surface area contributed by atoms with Crippen LogP contribution in [0.1, 0.15) is 5.56 Å². The molecule has 2 heterocycles. The molecule has 0 atom stereocenters. The molecule has 1 aliphatic rings. The molecule has 0 spiro atoms. The maximum Gasteiger partial charge on any atom is 0.228 e. The second-order valence-corrected chi connectivity index (χ2v) is 5.04. The van der Waals surface area contributed by atoms with Gasteiger partial charge in [-0.15, -0.1) is 0 Å². The first-order valence-corrected chi connectivity index (χ1v) is 6.84. The lowest BCUT2D eigenvalue weighted by Gasteiger charge is -2.11. The molecule has 2 aromatic carbocycles. The maximum absolute atomic E-state index is 12.0. The summed E-state index contributed by atoms with van der Waals surface area (Å²) >= 11 is 0. The van der Waals surface area contributed by atoms with Crippen LogP contribution in [0.15, 0.2) is 60.8 Å². The van der Waals surface area contributed by atoms with Gasteiger partial charge in [0.25, 0.3) is 0 Å². The summed E-state index contributed by atoms with van der Waals surface area (Å²) in [6.07, 6.45) is 2.13. The summed E-state index contributed by atoms with van der Waals surface area (Å²) in [5, 5.41) is 7.43. The molecule has 1 N–H and O–H groups in total. The van der Waals surface area contributed by atoms with E-state index in [1.54, 1.807) is 6.20 Å². The van der Waals surface area contributed by atoms with Crippen molar-refractivity contribution in [3.05, 3.63) is 66.4 Å². The zero-order valence-electron chi connectivity index (χ0n) is 11.3. The summed E-state index contributed by atoms with van der Waals surface area (Å²) in [5.74, 6) is -0.00573. The highest BCUT2D eigenvalue weighted by Gasteiger charge is 2.23. The fourth-order valence-corrected chi connectivity index (χ4v) is 2.73. The fourth-order valence-electron chi connectivity index (χ4n) is 2.73. The molecule has 0 radical (unpaired) electrons. The molecule has 0 unspecified atom stereocenters. The van der Waals surface area contributed by atoms with E-state index in [2.05, 4.69) is 10.4 Å². The first-order chi connectivity index (χ1) is 10.3. The topological polar surface area (TPSA) is 46.9 Å². The fraction of sp³-hybridized carbons (Fsp3) is 0.0588. The van der Waals surface area contributed by atoms with E-state index in [4.69, 9.17) is 0 Å². The number of hydrogen-bond acceptors (Lipinski definition) is 2. The van der Waals surface area contributed by atoms with Gasteiger partial charge in [-0.3, -0.25) is 4.79 Å². The first kappa shape index (κ1) is 11.9. The molecule has 1 amide bonds. The summed E-state index contributed by atoms with van der Waals surface area (Å²) < 4.78 is 1.90. The van der Waals surface area contributed by atoms with Crippen LogP contribution in [0.3, 0.4) is 0 Å². The van der Waals surface area contributed by atoms with Crippen LogP contribution in [0.4, 0.5) is 5.69 Å². The van der Waals surface area contributed by atoms with Crippen LogP contribution in [0.5, 0.6) is 0 Å². The van der Waals surface area contributed by atoms with Gasteiger partial charge in [-0.1, -0.05) is 36.4 Å². The number of carbonyl (C=O) groups is 1. The highest BCUT2D eigenvalue weighted by atomic mass is 16.1. The Morgan fingerprint density at radius 1 is 1.00 bits per heavy atom. The average Bonchev–Trinajstić information content (AvgIpc) is 2.86. The van der Waals surface area contributed by atoms with E-state index in [1.165, 1.54) is 0 Å². The number of nitrogens with one attached hydrogen (secondary N) is 1. The van der Waals surface area contributed by atoms with Crippen molar-refractivity contribution in [3.8, 4) is 16.9 Å². The van der Waals surface area contributed by atoms with Gasteiger partial charge in [0.1, 0.15) is 0 Å². The number of para-hydroxylation sites is 2. The summed E-state index contributed by atoms with van der Waals surface area (Å²) in [4.78, 5) is 12.0. The molecule has 0 bridgehead atoms. The molecule has 4 rings (SSSR count). The molecule has 0 fully saturated rings. The summed E-state index contributed by atoms with van der Waals surface area (Å²) in [6, 6.07) is 17.8. The third-order valence-corrected chi connectivity index (χ3v) is 3.65. The van der Waals surface area contributed by atoms with Gasteiger partial charge in [0.05, 0.1) is 29.7 Å². The SMILES string of the molecule is O=C1Cc2cnn(-c3ccccc3)c2-c2ccccc2N1. The van der Waals surface area contributed by atoms with Crippen molar-refractivity contribution in [1.29, 1.82) is 0 Å². The minimum atomic E-state index is -0.00573. The predicted octanol–water partition coefficient (Wildman–Crippen LogP) is 3.03. The zero-order valence-corrected chi connectivity index (χ0v) is 11.3. The Balaban J connectivity index is 2.00. The largest absolute Gasteiger partial charge is 0.325 e.